The minimum absolute atomic E-state index is 0.0167. The third kappa shape index (κ3) is 6.02. The lowest BCUT2D eigenvalue weighted by Crippen LogP contribution is -2.51. The van der Waals surface area contributed by atoms with Gasteiger partial charge in [-0.2, -0.15) is 23.1 Å². The lowest BCUT2D eigenvalue weighted by molar-refractivity contribution is -0.137. The summed E-state index contributed by atoms with van der Waals surface area (Å²) in [6.45, 7) is 3.69. The van der Waals surface area contributed by atoms with Crippen LogP contribution in [0.1, 0.15) is 49.7 Å². The summed E-state index contributed by atoms with van der Waals surface area (Å²) in [5.74, 6) is 0.967. The smallest absolute Gasteiger partial charge is 0.393 e. The Kier molecular flexibility index (Phi) is 7.47. The van der Waals surface area contributed by atoms with Crippen LogP contribution >= 0.6 is 0 Å². The van der Waals surface area contributed by atoms with Crippen molar-refractivity contribution in [1.29, 1.82) is 5.41 Å². The van der Waals surface area contributed by atoms with Crippen molar-refractivity contribution in [3.8, 4) is 0 Å². The summed E-state index contributed by atoms with van der Waals surface area (Å²) in [5.41, 5.74) is -1.04. The van der Waals surface area contributed by atoms with Gasteiger partial charge in [0.15, 0.2) is 0 Å². The van der Waals surface area contributed by atoms with E-state index in [1.807, 2.05) is 4.90 Å². The second-order valence-corrected chi connectivity index (χ2v) is 10.6. The molecule has 3 aliphatic rings. The Morgan fingerprint density at radius 1 is 1.11 bits per heavy atom. The Morgan fingerprint density at radius 2 is 1.82 bits per heavy atom. The van der Waals surface area contributed by atoms with E-state index in [-0.39, 0.29) is 29.6 Å². The molecule has 2 aromatic rings. The number of hydrogen-bond donors (Lipinski definition) is 5. The van der Waals surface area contributed by atoms with E-state index in [2.05, 4.69) is 25.5 Å². The van der Waals surface area contributed by atoms with E-state index < -0.39 is 17.3 Å². The molecule has 0 spiro atoms. The Balaban J connectivity index is 1.41. The van der Waals surface area contributed by atoms with Gasteiger partial charge in [0.1, 0.15) is 11.6 Å². The van der Waals surface area contributed by atoms with Crippen molar-refractivity contribution >= 4 is 29.5 Å². The van der Waals surface area contributed by atoms with E-state index in [0.717, 1.165) is 44.3 Å². The molecular weight excluding hydrogens is 499 g/mol. The van der Waals surface area contributed by atoms with Crippen molar-refractivity contribution in [2.24, 2.45) is 0 Å². The van der Waals surface area contributed by atoms with E-state index in [1.165, 1.54) is 12.1 Å². The second kappa shape index (κ2) is 10.7. The zero-order valence-electron chi connectivity index (χ0n) is 21.1. The van der Waals surface area contributed by atoms with Gasteiger partial charge in [0.2, 0.25) is 5.95 Å². The van der Waals surface area contributed by atoms with Crippen LogP contribution in [-0.2, 0) is 6.18 Å². The summed E-state index contributed by atoms with van der Waals surface area (Å²) in [5, 5.41) is 35.2. The number of halogens is 3. The van der Waals surface area contributed by atoms with Crippen LogP contribution in [-0.4, -0.2) is 81.8 Å². The molecule has 2 aliphatic heterocycles. The molecule has 9 nitrogen and oxygen atoms in total. The van der Waals surface area contributed by atoms with Gasteiger partial charge in [0.25, 0.3) is 0 Å². The van der Waals surface area contributed by atoms with Crippen LogP contribution in [0.5, 0.6) is 0 Å². The van der Waals surface area contributed by atoms with E-state index in [4.69, 9.17) is 5.41 Å². The quantitative estimate of drug-likeness (QED) is 0.327. The number of piperidine rings is 1. The van der Waals surface area contributed by atoms with Crippen LogP contribution in [0.2, 0.25) is 0 Å². The van der Waals surface area contributed by atoms with E-state index >= 15 is 0 Å². The molecule has 0 amide bonds. The monoisotopic (exact) mass is 533 g/mol. The predicted molar refractivity (Wildman–Crippen MR) is 139 cm³/mol. The van der Waals surface area contributed by atoms with Crippen LogP contribution in [0.25, 0.3) is 0 Å². The van der Waals surface area contributed by atoms with Crippen molar-refractivity contribution in [3.05, 3.63) is 35.4 Å². The van der Waals surface area contributed by atoms with Crippen molar-refractivity contribution < 1.29 is 23.4 Å². The van der Waals surface area contributed by atoms with Gasteiger partial charge in [-0.1, -0.05) is 6.07 Å². The third-order valence-electron chi connectivity index (χ3n) is 7.68. The summed E-state index contributed by atoms with van der Waals surface area (Å²) >= 11 is 0. The summed E-state index contributed by atoms with van der Waals surface area (Å²) in [6, 6.07) is 4.82. The molecule has 0 bridgehead atoms. The first-order valence-corrected chi connectivity index (χ1v) is 13.1. The molecule has 2 saturated heterocycles. The van der Waals surface area contributed by atoms with Crippen molar-refractivity contribution in [2.75, 3.05) is 48.3 Å². The number of rotatable bonds is 8. The molecular formula is C26H34F3N7O2. The summed E-state index contributed by atoms with van der Waals surface area (Å²) in [4.78, 5) is 13.5. The van der Waals surface area contributed by atoms with Crippen LogP contribution in [0.3, 0.4) is 0 Å². The van der Waals surface area contributed by atoms with Gasteiger partial charge < -0.3 is 36.1 Å². The highest BCUT2D eigenvalue weighted by molar-refractivity contribution is 5.92. The second-order valence-electron chi connectivity index (χ2n) is 10.6. The molecule has 0 atom stereocenters. The molecule has 0 unspecified atom stereocenters. The number of hydrogen-bond acceptors (Lipinski definition) is 9. The molecule has 1 aromatic heterocycles. The minimum atomic E-state index is -4.49. The lowest BCUT2D eigenvalue weighted by Gasteiger charge is -2.41. The first-order chi connectivity index (χ1) is 18.1. The number of aromatic nitrogens is 2. The average molecular weight is 534 g/mol. The molecule has 3 fully saturated rings. The molecule has 206 valence electrons. The maximum Gasteiger partial charge on any atom is 0.416 e. The van der Waals surface area contributed by atoms with Crippen LogP contribution < -0.4 is 15.5 Å². The van der Waals surface area contributed by atoms with Gasteiger partial charge in [-0.15, -0.1) is 0 Å². The normalized spacial score (nSPS) is 23.7. The number of nitrogens with one attached hydrogen (secondary N) is 3. The van der Waals surface area contributed by atoms with Crippen molar-refractivity contribution in [3.63, 3.8) is 0 Å². The SMILES string of the molecule is N=Cc1c(Nc2cccc(C(F)(F)F)c2)nc(NC2CC(O)C2)nc1N1CCC(O)(CN2CCCC2)CC1. The van der Waals surface area contributed by atoms with E-state index in [9.17, 15) is 23.4 Å². The third-order valence-corrected chi connectivity index (χ3v) is 7.68. The average Bonchev–Trinajstić information content (AvgIpc) is 3.35. The Labute approximate surface area is 219 Å². The van der Waals surface area contributed by atoms with Gasteiger partial charge >= 0.3 is 6.18 Å². The molecule has 5 N–H and O–H groups in total. The van der Waals surface area contributed by atoms with E-state index in [0.29, 0.717) is 56.7 Å². The minimum Gasteiger partial charge on any atom is -0.393 e. The first-order valence-electron chi connectivity index (χ1n) is 13.1. The molecule has 0 radical (unpaired) electrons. The molecule has 5 rings (SSSR count). The number of alkyl halides is 3. The highest BCUT2D eigenvalue weighted by Gasteiger charge is 2.36. The van der Waals surface area contributed by atoms with Gasteiger partial charge in [-0.25, -0.2) is 0 Å². The summed E-state index contributed by atoms with van der Waals surface area (Å²) < 4.78 is 39.9. The number of benzene rings is 1. The summed E-state index contributed by atoms with van der Waals surface area (Å²) in [7, 11) is 0. The first kappa shape index (κ1) is 26.6. The number of aliphatic hydroxyl groups excluding tert-OH is 1. The number of nitrogens with zero attached hydrogens (tertiary/aromatic N) is 4. The standard InChI is InChI=1S/C26H34F3N7O2/c27-26(28,29)17-4-3-5-18(12-17)31-22-21(15-30)23(34-24(33-22)32-19-13-20(37)14-19)36-10-6-25(38,7-11-36)16-35-8-1-2-9-35/h3-5,12,15,19-20,30,37-38H,1-2,6-11,13-14,16H2,(H2,31,32,33,34). The number of anilines is 4. The molecule has 38 heavy (non-hydrogen) atoms. The molecule has 12 heteroatoms. The van der Waals surface area contributed by atoms with E-state index in [1.54, 1.807) is 0 Å². The molecule has 1 aliphatic carbocycles. The predicted octanol–water partition coefficient (Wildman–Crippen LogP) is 3.60. The van der Waals surface area contributed by atoms with Gasteiger partial charge in [-0.05, 0) is 69.8 Å². The van der Waals surface area contributed by atoms with Crippen LogP contribution in [0.4, 0.5) is 36.4 Å². The Morgan fingerprint density at radius 3 is 2.45 bits per heavy atom. The zero-order chi connectivity index (χ0) is 26.9. The fourth-order valence-corrected chi connectivity index (χ4v) is 5.44. The number of β-amino-alcohol motifs (C(OH)–C–C–N with tert-alkyl or cyclic N) is 1. The summed E-state index contributed by atoms with van der Waals surface area (Å²) in [6.07, 6.45) is 0.721. The Bertz CT molecular complexity index is 1140. The molecule has 1 aromatic carbocycles. The van der Waals surface area contributed by atoms with Crippen molar-refractivity contribution in [1.82, 2.24) is 14.9 Å². The van der Waals surface area contributed by atoms with Gasteiger partial charge in [0.05, 0.1) is 22.8 Å². The van der Waals surface area contributed by atoms with Crippen LogP contribution in [0, 0.1) is 5.41 Å². The van der Waals surface area contributed by atoms with Crippen LogP contribution in [0.15, 0.2) is 24.3 Å². The lowest BCUT2D eigenvalue weighted by atomic mass is 9.90. The fraction of sp³-hybridized carbons (Fsp3) is 0.577. The maximum absolute atomic E-state index is 13.3. The van der Waals surface area contributed by atoms with Gasteiger partial charge in [-0.3, -0.25) is 0 Å². The number of likely N-dealkylation sites (tertiary alicyclic amines) is 1. The largest absolute Gasteiger partial charge is 0.416 e. The van der Waals surface area contributed by atoms with Crippen molar-refractivity contribution in [2.45, 2.75) is 62.4 Å². The Hall–Kier alpha value is -2.96. The zero-order valence-corrected chi connectivity index (χ0v) is 21.1. The fourth-order valence-electron chi connectivity index (χ4n) is 5.44. The highest BCUT2D eigenvalue weighted by atomic mass is 19.4. The number of aliphatic hydroxyl groups is 2. The maximum atomic E-state index is 13.3. The van der Waals surface area contributed by atoms with Gasteiger partial charge in [0, 0.05) is 37.6 Å². The molecule has 3 heterocycles. The molecule has 1 saturated carbocycles. The topological polar surface area (TPSA) is 121 Å². The highest BCUT2D eigenvalue weighted by Crippen LogP contribution is 2.35.